The number of hydrogen-bond acceptors (Lipinski definition) is 0. The number of halogens is 2. The maximum absolute atomic E-state index is 6.69. The van der Waals surface area contributed by atoms with Crippen molar-refractivity contribution in [2.45, 2.75) is 0 Å². The second-order valence-electron chi connectivity index (χ2n) is 19.8. The van der Waals surface area contributed by atoms with E-state index in [1.54, 1.807) is 0 Å². The van der Waals surface area contributed by atoms with Crippen molar-refractivity contribution in [3.8, 4) is 0 Å². The molecule has 0 fully saturated rings. The molecule has 0 unspecified atom stereocenters. The van der Waals surface area contributed by atoms with Crippen molar-refractivity contribution in [2.24, 2.45) is 0 Å². The molecule has 0 N–H and O–H groups in total. The monoisotopic (exact) mass is 1410 g/mol. The first-order valence-corrected chi connectivity index (χ1v) is 52.6. The average Bonchev–Trinajstić information content (AvgIpc) is 0.669. The zero-order valence-electron chi connectivity index (χ0n) is 43.7. The summed E-state index contributed by atoms with van der Waals surface area (Å²) in [6.45, 7) is 0. The SMILES string of the molecule is [I][Pd]([I])([PH](c1ccccc1)(c1ccccc1)c1ccccc1)([PH](c1ccccc1)(c1ccccc1)c1ccccc1)([PH](c1ccccc1)(c1ccccc1)c1ccccc1)[PH](c1ccccc1)(c1ccccc1)c1ccccc1. The molecule has 12 aromatic rings. The second kappa shape index (κ2) is 22.1. The molecule has 0 aliphatic heterocycles. The van der Waals surface area contributed by atoms with Crippen LogP contribution in [0.1, 0.15) is 0 Å². The van der Waals surface area contributed by atoms with Gasteiger partial charge in [0.05, 0.1) is 0 Å². The normalized spacial score (nSPS) is 13.9. The Morgan fingerprint density at radius 1 is 0.139 bits per heavy atom. The molecule has 0 radical (unpaired) electrons. The zero-order valence-corrected chi connectivity index (χ0v) is 53.6. The van der Waals surface area contributed by atoms with Gasteiger partial charge in [-0.2, -0.15) is 0 Å². The topological polar surface area (TPSA) is 0 Å². The third kappa shape index (κ3) is 7.27. The van der Waals surface area contributed by atoms with Crippen molar-refractivity contribution < 1.29 is 3.88 Å². The molecule has 7 heteroatoms. The Balaban J connectivity index is 1.70. The molecule has 0 saturated carbocycles. The third-order valence-electron chi connectivity index (χ3n) is 16.0. The summed E-state index contributed by atoms with van der Waals surface area (Å²) in [5.74, 6) is 0. The van der Waals surface area contributed by atoms with Gasteiger partial charge in [0.1, 0.15) is 0 Å². The van der Waals surface area contributed by atoms with Gasteiger partial charge >= 0.3 is 492 Å². The van der Waals surface area contributed by atoms with Gasteiger partial charge in [0.25, 0.3) is 0 Å². The summed E-state index contributed by atoms with van der Waals surface area (Å²) in [5, 5.41) is 17.0. The van der Waals surface area contributed by atoms with Crippen molar-refractivity contribution >= 4 is 124 Å². The minimum absolute atomic E-state index is 1.42. The van der Waals surface area contributed by atoms with Crippen LogP contribution in [-0.4, -0.2) is 0 Å². The predicted octanol–water partition coefficient (Wildman–Crippen LogP) is 14.5. The third-order valence-corrected chi connectivity index (χ3v) is 204. The molecule has 0 heterocycles. The fourth-order valence-electron chi connectivity index (χ4n) is 13.4. The first-order valence-electron chi connectivity index (χ1n) is 26.8. The van der Waals surface area contributed by atoms with E-state index in [0.29, 0.717) is 0 Å². The predicted molar refractivity (Wildman–Crippen MR) is 374 cm³/mol. The second-order valence-corrected chi connectivity index (χ2v) is 139. The Morgan fingerprint density at radius 3 is 0.291 bits per heavy atom. The van der Waals surface area contributed by atoms with Gasteiger partial charge < -0.3 is 0 Å². The van der Waals surface area contributed by atoms with Crippen LogP contribution in [0.15, 0.2) is 364 Å². The molecule has 0 amide bonds. The van der Waals surface area contributed by atoms with Crippen LogP contribution >= 0.6 is 60.8 Å². The van der Waals surface area contributed by atoms with Gasteiger partial charge in [-0.15, -0.1) is 0 Å². The van der Waals surface area contributed by atoms with Crippen LogP contribution < -0.4 is 63.7 Å². The molecule has 0 atom stereocenters. The van der Waals surface area contributed by atoms with Crippen LogP contribution in [0.5, 0.6) is 0 Å². The molecule has 0 aliphatic rings. The fourth-order valence-corrected chi connectivity index (χ4v) is 274. The van der Waals surface area contributed by atoms with Crippen molar-refractivity contribution in [3.63, 3.8) is 0 Å². The molecule has 0 aromatic heterocycles. The van der Waals surface area contributed by atoms with Crippen LogP contribution in [0.2, 0.25) is 0 Å². The molecule has 0 saturated heterocycles. The number of rotatable bonds is 16. The summed E-state index contributed by atoms with van der Waals surface area (Å²) in [6.07, 6.45) is 0. The summed E-state index contributed by atoms with van der Waals surface area (Å²) >= 11 is 7.48. The molecule has 0 nitrogen and oxygen atoms in total. The first kappa shape index (κ1) is 54.1. The molecule has 396 valence electrons. The van der Waals surface area contributed by atoms with E-state index in [9.17, 15) is 0 Å². The average molecular weight is 1410 g/mol. The van der Waals surface area contributed by atoms with Crippen molar-refractivity contribution in [3.05, 3.63) is 364 Å². The zero-order chi connectivity index (χ0) is 53.8. The van der Waals surface area contributed by atoms with E-state index in [2.05, 4.69) is 403 Å². The van der Waals surface area contributed by atoms with E-state index in [-0.39, 0.29) is 0 Å². The summed E-state index contributed by atoms with van der Waals surface area (Å²) in [6, 6.07) is 146. The van der Waals surface area contributed by atoms with E-state index in [1.165, 1.54) is 63.7 Å². The molecular weight excluding hydrogens is 1350 g/mol. The number of hydrogen-bond donors (Lipinski definition) is 0. The van der Waals surface area contributed by atoms with Gasteiger partial charge in [0.15, 0.2) is 0 Å². The minimum atomic E-state index is -6.69. The molecule has 0 aliphatic carbocycles. The maximum atomic E-state index is 3.74. The summed E-state index contributed by atoms with van der Waals surface area (Å²) in [7, 11) is 0. The Kier molecular flexibility index (Phi) is 15.1. The van der Waals surface area contributed by atoms with Crippen LogP contribution in [0.25, 0.3) is 0 Å². The van der Waals surface area contributed by atoms with E-state index >= 15 is 0 Å². The summed E-state index contributed by atoms with van der Waals surface area (Å²) in [4.78, 5) is 0. The van der Waals surface area contributed by atoms with Crippen LogP contribution in [0, 0.1) is 0 Å². The van der Waals surface area contributed by atoms with E-state index < -0.39 is 25.7 Å². The Hall–Kier alpha value is -5.52. The molecule has 12 rings (SSSR count). The molecule has 0 spiro atoms. The van der Waals surface area contributed by atoms with Gasteiger partial charge in [0, 0.05) is 0 Å². The Labute approximate surface area is 487 Å². The van der Waals surface area contributed by atoms with Gasteiger partial charge in [-0.25, -0.2) is 0 Å². The molecule has 0 bridgehead atoms. The Bertz CT molecular complexity index is 3020. The Morgan fingerprint density at radius 2 is 0.215 bits per heavy atom. The van der Waals surface area contributed by atoms with Gasteiger partial charge in [-0.3, -0.25) is 0 Å². The first-order chi connectivity index (χ1) is 38.9. The van der Waals surface area contributed by atoms with Crippen molar-refractivity contribution in [1.29, 1.82) is 0 Å². The summed E-state index contributed by atoms with van der Waals surface area (Å²) < 4.78 is -6.69. The van der Waals surface area contributed by atoms with Crippen molar-refractivity contribution in [2.75, 3.05) is 0 Å². The van der Waals surface area contributed by atoms with Crippen LogP contribution in [-0.2, 0) is 3.88 Å². The van der Waals surface area contributed by atoms with Crippen LogP contribution in [0.4, 0.5) is 0 Å². The van der Waals surface area contributed by atoms with Crippen LogP contribution in [0.3, 0.4) is 0 Å². The van der Waals surface area contributed by atoms with Gasteiger partial charge in [-0.1, -0.05) is 0 Å². The quantitative estimate of drug-likeness (QED) is 0.0514. The molecular formula is C72H64I2P4Pd. The van der Waals surface area contributed by atoms with E-state index in [4.69, 9.17) is 0 Å². The molecule has 12 aromatic carbocycles. The summed E-state index contributed by atoms with van der Waals surface area (Å²) in [5.41, 5.74) is -16.7. The fraction of sp³-hybridized carbons (Fsp3) is 0. The van der Waals surface area contributed by atoms with Crippen molar-refractivity contribution in [1.82, 2.24) is 0 Å². The van der Waals surface area contributed by atoms with E-state index in [0.717, 1.165) is 0 Å². The van der Waals surface area contributed by atoms with E-state index in [1.807, 2.05) is 0 Å². The number of benzene rings is 12. The van der Waals surface area contributed by atoms with Gasteiger partial charge in [-0.05, 0) is 0 Å². The molecule has 79 heavy (non-hydrogen) atoms. The van der Waals surface area contributed by atoms with Gasteiger partial charge in [0.2, 0.25) is 0 Å². The standard InChI is InChI=1S/4C18H15P.2HI.Pd/c4*1-4-10-16(11-5-1)19(17-12-6-2-7-13-17)18-14-8-3-9-15-18;;;/h4*1-15H;2*1H;/q;;;;;;-2/p+2.